The Labute approximate surface area is 181 Å². The number of halogens is 2. The number of nitrogens with zero attached hydrogens (tertiary/aromatic N) is 2. The van der Waals surface area contributed by atoms with Gasteiger partial charge in [0.25, 0.3) is 5.91 Å². The normalized spacial score (nSPS) is 16.6. The molecule has 1 fully saturated rings. The number of fused-ring (bicyclic) bond motifs is 1. The lowest BCUT2D eigenvalue weighted by Gasteiger charge is -2.36. The number of hydrogen-bond acceptors (Lipinski definition) is 4. The van der Waals surface area contributed by atoms with Crippen LogP contribution in [-0.2, 0) is 6.54 Å². The lowest BCUT2D eigenvalue weighted by atomic mass is 10.1. The second kappa shape index (κ2) is 9.24. The number of anilines is 1. The number of hydrogen-bond donors (Lipinski definition) is 1. The number of ether oxygens (including phenoxy) is 1. The molecule has 0 atom stereocenters. The van der Waals surface area contributed by atoms with Crippen LogP contribution in [0.15, 0.2) is 36.4 Å². The minimum absolute atomic E-state index is 0.0105. The van der Waals surface area contributed by atoms with E-state index in [2.05, 4.69) is 15.1 Å². The van der Waals surface area contributed by atoms with Crippen LogP contribution in [0, 0.1) is 0 Å². The van der Waals surface area contributed by atoms with Crippen molar-refractivity contribution in [2.24, 2.45) is 0 Å². The molecule has 0 radical (unpaired) electrons. The molecule has 2 aliphatic rings. The highest BCUT2D eigenvalue weighted by atomic mass is 35.5. The van der Waals surface area contributed by atoms with E-state index in [1.807, 2.05) is 36.4 Å². The molecule has 2 heterocycles. The van der Waals surface area contributed by atoms with E-state index in [0.29, 0.717) is 23.2 Å². The summed E-state index contributed by atoms with van der Waals surface area (Å²) < 4.78 is 5.83. The monoisotopic (exact) mass is 433 g/mol. The number of carbonyl (C=O) groups is 1. The van der Waals surface area contributed by atoms with Crippen LogP contribution < -0.4 is 15.0 Å². The maximum absolute atomic E-state index is 11.7. The quantitative estimate of drug-likeness (QED) is 0.663. The third-order valence-electron chi connectivity index (χ3n) is 5.55. The van der Waals surface area contributed by atoms with Crippen molar-refractivity contribution in [2.75, 3.05) is 44.2 Å². The number of piperazine rings is 1. The number of benzene rings is 2. The van der Waals surface area contributed by atoms with Crippen molar-refractivity contribution in [3.8, 4) is 5.75 Å². The van der Waals surface area contributed by atoms with Gasteiger partial charge in [0.1, 0.15) is 5.75 Å². The van der Waals surface area contributed by atoms with Gasteiger partial charge < -0.3 is 15.0 Å². The van der Waals surface area contributed by atoms with Gasteiger partial charge in [0.15, 0.2) is 0 Å². The van der Waals surface area contributed by atoms with Gasteiger partial charge in [-0.3, -0.25) is 9.69 Å². The smallest absolute Gasteiger partial charge is 0.252 e. The second-order valence-electron chi connectivity index (χ2n) is 7.46. The molecule has 154 valence electrons. The molecule has 1 N–H and O–H groups in total. The third kappa shape index (κ3) is 4.80. The van der Waals surface area contributed by atoms with Crippen molar-refractivity contribution in [3.63, 3.8) is 0 Å². The first kappa shape index (κ1) is 20.3. The SMILES string of the molecule is O=C1NCc2ccc(OCCCCN3CCN(c4cccc(Cl)c4Cl)CC3)cc21. The molecule has 0 unspecified atom stereocenters. The van der Waals surface area contributed by atoms with Gasteiger partial charge in [-0.15, -0.1) is 0 Å². The van der Waals surface area contributed by atoms with Gasteiger partial charge in [-0.2, -0.15) is 0 Å². The summed E-state index contributed by atoms with van der Waals surface area (Å²) in [5.74, 6) is 0.761. The van der Waals surface area contributed by atoms with Crippen molar-refractivity contribution in [1.29, 1.82) is 0 Å². The van der Waals surface area contributed by atoms with Crippen molar-refractivity contribution >= 4 is 34.8 Å². The molecule has 1 saturated heterocycles. The summed E-state index contributed by atoms with van der Waals surface area (Å²) in [5.41, 5.74) is 2.80. The van der Waals surface area contributed by atoms with Crippen molar-refractivity contribution in [2.45, 2.75) is 19.4 Å². The lowest BCUT2D eigenvalue weighted by molar-refractivity contribution is 0.0965. The molecule has 1 amide bonds. The van der Waals surface area contributed by atoms with Crippen molar-refractivity contribution < 1.29 is 9.53 Å². The van der Waals surface area contributed by atoms with E-state index in [1.165, 1.54) is 0 Å². The van der Waals surface area contributed by atoms with Crippen LogP contribution in [0.3, 0.4) is 0 Å². The van der Waals surface area contributed by atoms with Gasteiger partial charge in [0, 0.05) is 38.3 Å². The summed E-state index contributed by atoms with van der Waals surface area (Å²) in [5, 5.41) is 4.08. The predicted molar refractivity (Wildman–Crippen MR) is 117 cm³/mol. The molecule has 29 heavy (non-hydrogen) atoms. The third-order valence-corrected chi connectivity index (χ3v) is 6.36. The van der Waals surface area contributed by atoms with Crippen molar-refractivity contribution in [3.05, 3.63) is 57.6 Å². The maximum atomic E-state index is 11.7. The van der Waals surface area contributed by atoms with E-state index in [1.54, 1.807) is 0 Å². The fourth-order valence-corrected chi connectivity index (χ4v) is 4.27. The Morgan fingerprint density at radius 1 is 1.03 bits per heavy atom. The number of rotatable bonds is 7. The zero-order valence-electron chi connectivity index (χ0n) is 16.3. The largest absolute Gasteiger partial charge is 0.494 e. The molecule has 0 saturated carbocycles. The highest BCUT2D eigenvalue weighted by Crippen LogP contribution is 2.32. The number of carbonyl (C=O) groups excluding carboxylic acids is 1. The Hall–Kier alpha value is -1.95. The van der Waals surface area contributed by atoms with Crippen LogP contribution >= 0.6 is 23.2 Å². The summed E-state index contributed by atoms with van der Waals surface area (Å²) in [6.45, 7) is 6.28. The molecule has 5 nitrogen and oxygen atoms in total. The van der Waals surface area contributed by atoms with Gasteiger partial charge in [-0.05, 0) is 49.2 Å². The van der Waals surface area contributed by atoms with Crippen LogP contribution in [0.2, 0.25) is 10.0 Å². The first-order chi connectivity index (χ1) is 14.1. The topological polar surface area (TPSA) is 44.8 Å². The van der Waals surface area contributed by atoms with E-state index in [9.17, 15) is 4.79 Å². The maximum Gasteiger partial charge on any atom is 0.252 e. The van der Waals surface area contributed by atoms with E-state index in [4.69, 9.17) is 27.9 Å². The molecule has 2 aromatic rings. The molecule has 4 rings (SSSR count). The highest BCUT2D eigenvalue weighted by molar-refractivity contribution is 6.43. The Kier molecular flexibility index (Phi) is 6.48. The van der Waals surface area contributed by atoms with Crippen LogP contribution in [-0.4, -0.2) is 50.1 Å². The van der Waals surface area contributed by atoms with E-state index < -0.39 is 0 Å². The Morgan fingerprint density at radius 2 is 1.86 bits per heavy atom. The summed E-state index contributed by atoms with van der Waals surface area (Å²) in [6, 6.07) is 11.6. The summed E-state index contributed by atoms with van der Waals surface area (Å²) in [7, 11) is 0. The average molecular weight is 434 g/mol. The minimum Gasteiger partial charge on any atom is -0.494 e. The molecule has 7 heteroatoms. The summed E-state index contributed by atoms with van der Waals surface area (Å²) in [4.78, 5) is 16.5. The Morgan fingerprint density at radius 3 is 2.69 bits per heavy atom. The number of nitrogens with one attached hydrogen (secondary N) is 1. The van der Waals surface area contributed by atoms with E-state index >= 15 is 0 Å². The van der Waals surface area contributed by atoms with Crippen molar-refractivity contribution in [1.82, 2.24) is 10.2 Å². The fraction of sp³-hybridized carbons (Fsp3) is 0.409. The standard InChI is InChI=1S/C22H25Cl2N3O2/c23-19-4-3-5-20(21(19)24)27-11-9-26(10-12-27)8-1-2-13-29-17-7-6-16-15-25-22(28)18(16)14-17/h3-7,14H,1-2,8-13,15H2,(H,25,28). The minimum atomic E-state index is -0.0105. The molecule has 0 spiro atoms. The molecular formula is C22H25Cl2N3O2. The van der Waals surface area contributed by atoms with Crippen LogP contribution in [0.5, 0.6) is 5.75 Å². The average Bonchev–Trinajstić information content (AvgIpc) is 3.11. The first-order valence-electron chi connectivity index (χ1n) is 10.1. The molecule has 2 aromatic carbocycles. The van der Waals surface area contributed by atoms with Crippen LogP contribution in [0.25, 0.3) is 0 Å². The zero-order valence-corrected chi connectivity index (χ0v) is 17.8. The van der Waals surface area contributed by atoms with Crippen LogP contribution in [0.1, 0.15) is 28.8 Å². The lowest BCUT2D eigenvalue weighted by Crippen LogP contribution is -2.46. The second-order valence-corrected chi connectivity index (χ2v) is 8.24. The molecule has 2 aliphatic heterocycles. The molecule has 0 bridgehead atoms. The zero-order chi connectivity index (χ0) is 20.2. The number of unbranched alkanes of at least 4 members (excludes halogenated alkanes) is 1. The summed E-state index contributed by atoms with van der Waals surface area (Å²) in [6.07, 6.45) is 2.08. The molecule has 0 aromatic heterocycles. The number of amides is 1. The Bertz CT molecular complexity index is 882. The van der Waals surface area contributed by atoms with Gasteiger partial charge in [-0.1, -0.05) is 35.3 Å². The van der Waals surface area contributed by atoms with E-state index in [0.717, 1.165) is 68.1 Å². The first-order valence-corrected chi connectivity index (χ1v) is 10.8. The van der Waals surface area contributed by atoms with Gasteiger partial charge in [0.2, 0.25) is 0 Å². The van der Waals surface area contributed by atoms with Crippen LogP contribution in [0.4, 0.5) is 5.69 Å². The highest BCUT2D eigenvalue weighted by Gasteiger charge is 2.20. The predicted octanol–water partition coefficient (Wildman–Crippen LogP) is 4.22. The molecule has 0 aliphatic carbocycles. The fourth-order valence-electron chi connectivity index (χ4n) is 3.86. The molecular weight excluding hydrogens is 409 g/mol. The van der Waals surface area contributed by atoms with Gasteiger partial charge in [0.05, 0.1) is 22.3 Å². The van der Waals surface area contributed by atoms with Gasteiger partial charge >= 0.3 is 0 Å². The Balaban J connectivity index is 1.16. The van der Waals surface area contributed by atoms with Gasteiger partial charge in [-0.25, -0.2) is 0 Å². The summed E-state index contributed by atoms with van der Waals surface area (Å²) >= 11 is 12.5. The van der Waals surface area contributed by atoms with E-state index in [-0.39, 0.29) is 5.91 Å².